The van der Waals surface area contributed by atoms with Gasteiger partial charge in [0.1, 0.15) is 0 Å². The lowest BCUT2D eigenvalue weighted by Gasteiger charge is -2.42. The summed E-state index contributed by atoms with van der Waals surface area (Å²) in [7, 11) is 0. The molecule has 154 valence electrons. The maximum atomic E-state index is 13.4. The minimum Gasteiger partial charge on any atom is -0.449 e. The molecule has 29 heavy (non-hydrogen) atoms. The molecular weight excluding hydrogens is 384 g/mol. The fraction of sp³-hybridized carbons (Fsp3) is 0.391. The number of aryl methyl sites for hydroxylation is 2. The summed E-state index contributed by atoms with van der Waals surface area (Å²) in [6.45, 7) is 8.62. The molecule has 0 saturated heterocycles. The van der Waals surface area contributed by atoms with Crippen molar-refractivity contribution in [2.24, 2.45) is 0 Å². The van der Waals surface area contributed by atoms with E-state index in [1.807, 2.05) is 63.4 Å². The Kier molecular flexibility index (Phi) is 6.52. The van der Waals surface area contributed by atoms with Crippen LogP contribution in [0.4, 0.5) is 16.2 Å². The van der Waals surface area contributed by atoms with Gasteiger partial charge in [-0.2, -0.15) is 0 Å². The Morgan fingerprint density at radius 1 is 1.07 bits per heavy atom. The van der Waals surface area contributed by atoms with Gasteiger partial charge in [-0.1, -0.05) is 6.92 Å². The largest absolute Gasteiger partial charge is 0.449 e. The Hall–Kier alpha value is -2.47. The number of carbonyl (C=O) groups excluding carboxylic acids is 2. The van der Waals surface area contributed by atoms with E-state index in [-0.39, 0.29) is 18.0 Å². The van der Waals surface area contributed by atoms with E-state index in [0.717, 1.165) is 33.8 Å². The zero-order valence-corrected chi connectivity index (χ0v) is 18.5. The average molecular weight is 413 g/mol. The highest BCUT2D eigenvalue weighted by atomic mass is 32.2. The molecule has 0 aromatic heterocycles. The molecule has 1 atom stereocenters. The Morgan fingerprint density at radius 2 is 1.69 bits per heavy atom. The highest BCUT2D eigenvalue weighted by Crippen LogP contribution is 2.39. The molecule has 1 aliphatic rings. The van der Waals surface area contributed by atoms with Crippen molar-refractivity contribution in [3.63, 3.8) is 0 Å². The van der Waals surface area contributed by atoms with E-state index in [0.29, 0.717) is 18.7 Å². The maximum absolute atomic E-state index is 13.4. The first-order valence-electron chi connectivity index (χ1n) is 9.94. The quantitative estimate of drug-likeness (QED) is 0.629. The molecule has 0 radical (unpaired) electrons. The minimum absolute atomic E-state index is 0.0517. The first-order valence-corrected chi connectivity index (χ1v) is 11.2. The highest BCUT2D eigenvalue weighted by molar-refractivity contribution is 7.98. The third kappa shape index (κ3) is 4.13. The van der Waals surface area contributed by atoms with Crippen LogP contribution in [0.5, 0.6) is 0 Å². The van der Waals surface area contributed by atoms with Crippen LogP contribution in [-0.4, -0.2) is 37.4 Å². The van der Waals surface area contributed by atoms with Gasteiger partial charge in [-0.15, -0.1) is 11.8 Å². The second kappa shape index (κ2) is 8.91. The molecule has 3 rings (SSSR count). The number of anilines is 2. The number of thioether (sulfide) groups is 1. The molecule has 2 aromatic rings. The van der Waals surface area contributed by atoms with Crippen molar-refractivity contribution < 1.29 is 14.3 Å². The zero-order chi connectivity index (χ0) is 21.1. The molecular formula is C23H28N2O3S. The maximum Gasteiger partial charge on any atom is 0.414 e. The van der Waals surface area contributed by atoms with Crippen molar-refractivity contribution in [3.8, 4) is 0 Å². The molecule has 0 bridgehead atoms. The Balaban J connectivity index is 2.08. The molecule has 0 spiro atoms. The molecule has 0 saturated carbocycles. The summed E-state index contributed by atoms with van der Waals surface area (Å²) in [5, 5.41) is 0. The summed E-state index contributed by atoms with van der Waals surface area (Å²) in [5.74, 6) is -0.0517. The monoisotopic (exact) mass is 412 g/mol. The lowest BCUT2D eigenvalue weighted by atomic mass is 9.99. The number of fused-ring (bicyclic) bond motifs is 1. The number of carbonyl (C=O) groups is 2. The molecule has 1 heterocycles. The van der Waals surface area contributed by atoms with Gasteiger partial charge in [0.25, 0.3) is 5.91 Å². The summed E-state index contributed by atoms with van der Waals surface area (Å²) < 4.78 is 5.33. The summed E-state index contributed by atoms with van der Waals surface area (Å²) in [5.41, 5.74) is 4.29. The lowest BCUT2D eigenvalue weighted by molar-refractivity contribution is 0.0981. The number of nitrogens with zero attached hydrogens (tertiary/aromatic N) is 2. The van der Waals surface area contributed by atoms with E-state index in [2.05, 4.69) is 0 Å². The minimum atomic E-state index is -0.361. The van der Waals surface area contributed by atoms with E-state index in [1.54, 1.807) is 28.5 Å². The molecule has 6 heteroatoms. The molecule has 1 aliphatic heterocycles. The normalized spacial score (nSPS) is 15.8. The molecule has 0 fully saturated rings. The van der Waals surface area contributed by atoms with Gasteiger partial charge in [-0.25, -0.2) is 4.79 Å². The fourth-order valence-corrected chi connectivity index (χ4v) is 4.02. The standard InChI is InChI=1S/C23H28N2O3S/c1-6-18-14-24(22(26)17-8-10-19(29-5)11-9-17)20-12-15(3)16(4)13-21(20)25(18)23(27)28-7-2/h8-13,18H,6-7,14H2,1-5H3. The SMILES string of the molecule is CCOC(=O)N1c2cc(C)c(C)cc2N(C(=O)c2ccc(SC)cc2)CC1CC. The second-order valence-electron chi connectivity index (χ2n) is 7.20. The van der Waals surface area contributed by atoms with Crippen LogP contribution in [-0.2, 0) is 4.74 Å². The predicted molar refractivity (Wildman–Crippen MR) is 119 cm³/mol. The third-order valence-electron chi connectivity index (χ3n) is 5.42. The van der Waals surface area contributed by atoms with Gasteiger partial charge < -0.3 is 9.64 Å². The smallest absolute Gasteiger partial charge is 0.414 e. The van der Waals surface area contributed by atoms with Crippen LogP contribution >= 0.6 is 11.8 Å². The van der Waals surface area contributed by atoms with E-state index in [4.69, 9.17) is 4.74 Å². The second-order valence-corrected chi connectivity index (χ2v) is 8.08. The van der Waals surface area contributed by atoms with Crippen molar-refractivity contribution in [2.45, 2.75) is 45.1 Å². The molecule has 2 aromatic carbocycles. The van der Waals surface area contributed by atoms with Crippen LogP contribution in [0.2, 0.25) is 0 Å². The number of benzene rings is 2. The van der Waals surface area contributed by atoms with Crippen LogP contribution in [0.15, 0.2) is 41.3 Å². The molecule has 5 nitrogen and oxygen atoms in total. The van der Waals surface area contributed by atoms with Crippen LogP contribution in [0.3, 0.4) is 0 Å². The Morgan fingerprint density at radius 3 is 2.24 bits per heavy atom. The van der Waals surface area contributed by atoms with Gasteiger partial charge in [0.05, 0.1) is 24.0 Å². The van der Waals surface area contributed by atoms with Crippen LogP contribution in [0, 0.1) is 13.8 Å². The number of ether oxygens (including phenoxy) is 1. The topological polar surface area (TPSA) is 49.9 Å². The first-order chi connectivity index (χ1) is 13.9. The number of hydrogen-bond acceptors (Lipinski definition) is 4. The van der Waals surface area contributed by atoms with Gasteiger partial charge >= 0.3 is 6.09 Å². The number of amides is 2. The van der Waals surface area contributed by atoms with Crippen molar-refractivity contribution in [1.82, 2.24) is 0 Å². The third-order valence-corrected chi connectivity index (χ3v) is 6.16. The summed E-state index contributed by atoms with van der Waals surface area (Å²) in [4.78, 5) is 30.8. The number of hydrogen-bond donors (Lipinski definition) is 0. The summed E-state index contributed by atoms with van der Waals surface area (Å²) >= 11 is 1.65. The Labute approximate surface area is 177 Å². The van der Waals surface area contributed by atoms with Gasteiger partial charge in [0.15, 0.2) is 0 Å². The van der Waals surface area contributed by atoms with Gasteiger partial charge in [0, 0.05) is 17.0 Å². The first kappa shape index (κ1) is 21.2. The number of rotatable bonds is 4. The van der Waals surface area contributed by atoms with Crippen molar-refractivity contribution in [3.05, 3.63) is 53.1 Å². The predicted octanol–water partition coefficient (Wildman–Crippen LogP) is 5.43. The van der Waals surface area contributed by atoms with Crippen molar-refractivity contribution >= 4 is 35.1 Å². The summed E-state index contributed by atoms with van der Waals surface area (Å²) in [6.07, 6.45) is 2.37. The van der Waals surface area contributed by atoms with E-state index in [9.17, 15) is 9.59 Å². The van der Waals surface area contributed by atoms with Crippen LogP contribution < -0.4 is 9.80 Å². The van der Waals surface area contributed by atoms with E-state index >= 15 is 0 Å². The highest BCUT2D eigenvalue weighted by Gasteiger charge is 2.37. The Bertz CT molecular complexity index is 911. The molecule has 0 aliphatic carbocycles. The lowest BCUT2D eigenvalue weighted by Crippen LogP contribution is -2.53. The van der Waals surface area contributed by atoms with Crippen molar-refractivity contribution in [1.29, 1.82) is 0 Å². The van der Waals surface area contributed by atoms with Crippen LogP contribution in [0.25, 0.3) is 0 Å². The average Bonchev–Trinajstić information content (AvgIpc) is 2.73. The zero-order valence-electron chi connectivity index (χ0n) is 17.7. The fourth-order valence-electron chi connectivity index (χ4n) is 3.62. The molecule has 2 amide bonds. The van der Waals surface area contributed by atoms with Gasteiger partial charge in [-0.05, 0) is 81.0 Å². The summed E-state index contributed by atoms with van der Waals surface area (Å²) in [6, 6.07) is 11.5. The van der Waals surface area contributed by atoms with E-state index in [1.165, 1.54) is 0 Å². The van der Waals surface area contributed by atoms with Gasteiger partial charge in [-0.3, -0.25) is 9.69 Å². The molecule has 0 N–H and O–H groups in total. The van der Waals surface area contributed by atoms with Gasteiger partial charge in [0.2, 0.25) is 0 Å². The molecule has 1 unspecified atom stereocenters. The van der Waals surface area contributed by atoms with Crippen molar-refractivity contribution in [2.75, 3.05) is 29.2 Å². The van der Waals surface area contributed by atoms with Crippen LogP contribution in [0.1, 0.15) is 41.8 Å². The van der Waals surface area contributed by atoms with E-state index < -0.39 is 0 Å².